The van der Waals surface area contributed by atoms with Crippen LogP contribution in [-0.4, -0.2) is 86.6 Å². The molecule has 40 heavy (non-hydrogen) atoms. The molecule has 16 heteroatoms. The molecule has 2 saturated heterocycles. The van der Waals surface area contributed by atoms with Crippen LogP contribution < -0.4 is 5.32 Å². The number of nitrogens with zero attached hydrogens (tertiary/aromatic N) is 3. The molecule has 0 unspecified atom stereocenters. The van der Waals surface area contributed by atoms with E-state index in [9.17, 15) is 31.1 Å². The average molecular weight is 580 g/mol. The van der Waals surface area contributed by atoms with Gasteiger partial charge < -0.3 is 25.2 Å². The van der Waals surface area contributed by atoms with Gasteiger partial charge in [0.15, 0.2) is 0 Å². The van der Waals surface area contributed by atoms with Crippen molar-refractivity contribution in [2.75, 3.05) is 25.0 Å². The van der Waals surface area contributed by atoms with E-state index in [0.717, 1.165) is 30.8 Å². The Morgan fingerprint density at radius 3 is 2.17 bits per heavy atom. The third-order valence-corrected chi connectivity index (χ3v) is 5.71. The van der Waals surface area contributed by atoms with E-state index in [1.54, 1.807) is 12.3 Å². The van der Waals surface area contributed by atoms with Gasteiger partial charge in [0, 0.05) is 31.1 Å². The minimum Gasteiger partial charge on any atom is -0.475 e. The number of hydrogen-bond acceptors (Lipinski definition) is 7. The molecule has 220 valence electrons. The Morgan fingerprint density at radius 2 is 1.65 bits per heavy atom. The van der Waals surface area contributed by atoms with Gasteiger partial charge in [-0.3, -0.25) is 4.79 Å². The molecule has 2 atom stereocenters. The Balaban J connectivity index is 0.000000333. The summed E-state index contributed by atoms with van der Waals surface area (Å²) in [5.74, 6) is -4.63. The van der Waals surface area contributed by atoms with Crippen LogP contribution >= 0.6 is 0 Å². The van der Waals surface area contributed by atoms with Crippen molar-refractivity contribution in [1.29, 1.82) is 0 Å². The fourth-order valence-electron chi connectivity index (χ4n) is 3.93. The number of carbonyl (C=O) groups excluding carboxylic acids is 1. The molecule has 4 rings (SSSR count). The fourth-order valence-corrected chi connectivity index (χ4v) is 3.93. The van der Waals surface area contributed by atoms with E-state index >= 15 is 0 Å². The van der Waals surface area contributed by atoms with Crippen molar-refractivity contribution < 1.29 is 55.7 Å². The zero-order valence-corrected chi connectivity index (χ0v) is 21.0. The number of hydrogen-bond donors (Lipinski definition) is 3. The lowest BCUT2D eigenvalue weighted by Gasteiger charge is -2.38. The number of aryl methyl sites for hydroxylation is 1. The molecule has 0 radical (unpaired) electrons. The van der Waals surface area contributed by atoms with Crippen molar-refractivity contribution in [1.82, 2.24) is 14.9 Å². The third-order valence-electron chi connectivity index (χ3n) is 5.71. The van der Waals surface area contributed by atoms with E-state index in [4.69, 9.17) is 24.5 Å². The second kappa shape index (κ2) is 13.4. The fraction of sp³-hybridized carbons (Fsp3) is 0.458. The molecular weight excluding hydrogens is 554 g/mol. The van der Waals surface area contributed by atoms with Gasteiger partial charge in [-0.05, 0) is 50.5 Å². The number of pyridine rings is 2. The lowest BCUT2D eigenvalue weighted by Crippen LogP contribution is -2.47. The number of amides is 1. The van der Waals surface area contributed by atoms with Crippen LogP contribution in [-0.2, 0) is 14.3 Å². The standard InChI is InChI=1S/C20H24N4O2.2C2HF3O2/c1-15-5-4-6-17(22-15)19(25)24-11-9-20(14-24)13-16(8-12-26-20)23-18-7-2-3-10-21-18;2*3-2(4,5)1(6)7/h2-7,10,16H,8-9,11-14H2,1H3,(H,21,23);2*(H,6,7)/t16-,20-;;/m1../s1. The first kappa shape index (κ1) is 32.3. The Hall–Kier alpha value is -3.95. The van der Waals surface area contributed by atoms with E-state index < -0.39 is 24.3 Å². The first-order valence-electron chi connectivity index (χ1n) is 11.7. The summed E-state index contributed by atoms with van der Waals surface area (Å²) in [6, 6.07) is 11.8. The van der Waals surface area contributed by atoms with Crippen molar-refractivity contribution in [3.8, 4) is 0 Å². The van der Waals surface area contributed by atoms with E-state index in [-0.39, 0.29) is 11.5 Å². The predicted octanol–water partition coefficient (Wildman–Crippen LogP) is 3.93. The number of carbonyl (C=O) groups is 3. The van der Waals surface area contributed by atoms with E-state index in [2.05, 4.69) is 15.3 Å². The molecule has 2 aromatic rings. The van der Waals surface area contributed by atoms with Gasteiger partial charge in [-0.2, -0.15) is 26.3 Å². The third kappa shape index (κ3) is 9.98. The summed E-state index contributed by atoms with van der Waals surface area (Å²) in [5, 5.41) is 17.8. The molecule has 2 aromatic heterocycles. The maximum atomic E-state index is 12.8. The van der Waals surface area contributed by atoms with Gasteiger partial charge in [0.05, 0.1) is 12.1 Å². The number of ether oxygens (including phenoxy) is 1. The lowest BCUT2D eigenvalue weighted by atomic mass is 9.89. The van der Waals surface area contributed by atoms with Crippen molar-refractivity contribution in [3.05, 3.63) is 54.0 Å². The maximum Gasteiger partial charge on any atom is 0.490 e. The van der Waals surface area contributed by atoms with Crippen LogP contribution in [0.1, 0.15) is 35.4 Å². The second-order valence-corrected chi connectivity index (χ2v) is 8.83. The van der Waals surface area contributed by atoms with Gasteiger partial charge >= 0.3 is 24.3 Å². The Bertz CT molecular complexity index is 1140. The monoisotopic (exact) mass is 580 g/mol. The summed E-state index contributed by atoms with van der Waals surface area (Å²) in [6.07, 6.45) is -5.67. The topological polar surface area (TPSA) is 142 Å². The summed E-state index contributed by atoms with van der Waals surface area (Å²) in [6.45, 7) is 3.95. The molecule has 4 heterocycles. The quantitative estimate of drug-likeness (QED) is 0.461. The Kier molecular flexibility index (Phi) is 10.8. The zero-order chi connectivity index (χ0) is 30.1. The first-order chi connectivity index (χ1) is 18.5. The number of likely N-dealkylation sites (tertiary alicyclic amines) is 1. The molecule has 0 bridgehead atoms. The van der Waals surface area contributed by atoms with Crippen LogP contribution in [0.3, 0.4) is 0 Å². The van der Waals surface area contributed by atoms with Crippen molar-refractivity contribution in [2.24, 2.45) is 0 Å². The molecule has 2 fully saturated rings. The van der Waals surface area contributed by atoms with Gasteiger partial charge in [0.1, 0.15) is 11.5 Å². The van der Waals surface area contributed by atoms with Gasteiger partial charge in [0.25, 0.3) is 5.91 Å². The highest BCUT2D eigenvalue weighted by Gasteiger charge is 2.45. The average Bonchev–Trinajstić information content (AvgIpc) is 3.26. The van der Waals surface area contributed by atoms with Crippen LogP contribution in [0.2, 0.25) is 0 Å². The van der Waals surface area contributed by atoms with E-state index in [0.29, 0.717) is 31.4 Å². The predicted molar refractivity (Wildman–Crippen MR) is 126 cm³/mol. The summed E-state index contributed by atoms with van der Waals surface area (Å²) >= 11 is 0. The molecule has 2 aliphatic heterocycles. The number of alkyl halides is 6. The lowest BCUT2D eigenvalue weighted by molar-refractivity contribution is -0.193. The Labute approximate surface area is 224 Å². The summed E-state index contributed by atoms with van der Waals surface area (Å²) in [5.41, 5.74) is 1.11. The van der Waals surface area contributed by atoms with Crippen LogP contribution in [0.15, 0.2) is 42.6 Å². The molecule has 0 aliphatic carbocycles. The van der Waals surface area contributed by atoms with E-state index in [1.165, 1.54) is 0 Å². The number of carboxylic acid groups (broad SMARTS) is 2. The highest BCUT2D eigenvalue weighted by molar-refractivity contribution is 5.92. The van der Waals surface area contributed by atoms with Crippen LogP contribution in [0.5, 0.6) is 0 Å². The van der Waals surface area contributed by atoms with Gasteiger partial charge in [-0.25, -0.2) is 19.6 Å². The van der Waals surface area contributed by atoms with Gasteiger partial charge in [0.2, 0.25) is 0 Å². The van der Waals surface area contributed by atoms with Gasteiger partial charge in [-0.1, -0.05) is 12.1 Å². The number of aliphatic carboxylic acids is 2. The zero-order valence-electron chi connectivity index (χ0n) is 21.0. The minimum atomic E-state index is -5.08. The van der Waals surface area contributed by atoms with Crippen LogP contribution in [0.4, 0.5) is 32.2 Å². The number of nitrogens with one attached hydrogen (secondary N) is 1. The summed E-state index contributed by atoms with van der Waals surface area (Å²) < 4.78 is 69.6. The number of aromatic nitrogens is 2. The molecule has 10 nitrogen and oxygen atoms in total. The summed E-state index contributed by atoms with van der Waals surface area (Å²) in [4.78, 5) is 41.2. The Morgan fingerprint density at radius 1 is 1.02 bits per heavy atom. The van der Waals surface area contributed by atoms with Crippen LogP contribution in [0, 0.1) is 6.92 Å². The second-order valence-electron chi connectivity index (χ2n) is 8.83. The van der Waals surface area contributed by atoms with Crippen molar-refractivity contribution in [3.63, 3.8) is 0 Å². The SMILES string of the molecule is Cc1cccc(C(=O)N2CC[C@@]3(C[C@H](Nc4ccccn4)CCO3)C2)n1.O=C(O)C(F)(F)F.O=C(O)C(F)(F)F. The van der Waals surface area contributed by atoms with Crippen molar-refractivity contribution >= 4 is 23.7 Å². The number of rotatable bonds is 3. The molecule has 0 aromatic carbocycles. The highest BCUT2D eigenvalue weighted by Crippen LogP contribution is 2.35. The molecule has 3 N–H and O–H groups in total. The van der Waals surface area contributed by atoms with Gasteiger partial charge in [-0.15, -0.1) is 0 Å². The minimum absolute atomic E-state index is 0.00557. The number of halogens is 6. The van der Waals surface area contributed by atoms with Crippen LogP contribution in [0.25, 0.3) is 0 Å². The number of carboxylic acids is 2. The molecule has 2 aliphatic rings. The number of anilines is 1. The molecule has 0 saturated carbocycles. The largest absolute Gasteiger partial charge is 0.490 e. The molecular formula is C24H26F6N4O6. The summed E-state index contributed by atoms with van der Waals surface area (Å²) in [7, 11) is 0. The smallest absolute Gasteiger partial charge is 0.475 e. The normalized spacial score (nSPS) is 20.5. The molecule has 1 amide bonds. The highest BCUT2D eigenvalue weighted by atomic mass is 19.4. The van der Waals surface area contributed by atoms with Crippen molar-refractivity contribution in [2.45, 2.75) is 50.2 Å². The first-order valence-corrected chi connectivity index (χ1v) is 11.7. The van der Waals surface area contributed by atoms with E-state index in [1.807, 2.05) is 42.2 Å². The maximum absolute atomic E-state index is 12.8. The molecule has 1 spiro atoms.